The average Bonchev–Trinajstić information content (AvgIpc) is 3.56. The van der Waals surface area contributed by atoms with Crippen molar-refractivity contribution in [3.8, 4) is 0 Å². The zero-order chi connectivity index (χ0) is 24.4. The lowest BCUT2D eigenvalue weighted by Gasteiger charge is -2.11. The molecule has 0 spiro atoms. The van der Waals surface area contributed by atoms with Gasteiger partial charge in [-0.1, -0.05) is 58.1 Å². The molecule has 0 bridgehead atoms. The molecule has 1 saturated carbocycles. The van der Waals surface area contributed by atoms with E-state index in [9.17, 15) is 9.18 Å². The molecule has 0 radical (unpaired) electrons. The van der Waals surface area contributed by atoms with Crippen molar-refractivity contribution in [3.63, 3.8) is 0 Å². The molecule has 4 aromatic rings. The standard InChI is InChI=1S/C22H17Cl2FN6OS3/c23-14-6-16(25)18(7-15(14)24)29-20-13-5-12(3-4-17(13)26-10-27-20)28-19(32)9-34-22-31-30-21(35-22)33-8-11-1-2-11/h3-7,10-11H,1-2,8-9H2,(H,28,32)(H,26,27,29). The number of hydrogen-bond acceptors (Lipinski definition) is 9. The van der Waals surface area contributed by atoms with Crippen LogP contribution in [0.15, 0.2) is 45.3 Å². The monoisotopic (exact) mass is 566 g/mol. The molecule has 0 atom stereocenters. The highest BCUT2D eigenvalue weighted by molar-refractivity contribution is 8.03. The van der Waals surface area contributed by atoms with Crippen molar-refractivity contribution in [2.45, 2.75) is 21.5 Å². The minimum Gasteiger partial charge on any atom is -0.337 e. The number of amides is 1. The van der Waals surface area contributed by atoms with Gasteiger partial charge in [-0.2, -0.15) is 0 Å². The third-order valence-electron chi connectivity index (χ3n) is 5.04. The van der Waals surface area contributed by atoms with Crippen LogP contribution >= 0.6 is 58.1 Å². The summed E-state index contributed by atoms with van der Waals surface area (Å²) in [5.41, 5.74) is 1.31. The average molecular weight is 568 g/mol. The van der Waals surface area contributed by atoms with Crippen LogP contribution in [-0.2, 0) is 4.79 Å². The molecule has 35 heavy (non-hydrogen) atoms. The molecule has 1 aliphatic carbocycles. The first-order valence-electron chi connectivity index (χ1n) is 10.5. The topological polar surface area (TPSA) is 92.7 Å². The summed E-state index contributed by atoms with van der Waals surface area (Å²) in [4.78, 5) is 21.0. The SMILES string of the molecule is O=C(CSc1nnc(SCC2CC2)s1)Nc1ccc2ncnc(Nc3cc(Cl)c(Cl)cc3F)c2c1. The van der Waals surface area contributed by atoms with Crippen LogP contribution in [0.4, 0.5) is 21.6 Å². The molecule has 1 amide bonds. The summed E-state index contributed by atoms with van der Waals surface area (Å²) in [6.45, 7) is 0. The number of benzene rings is 2. The van der Waals surface area contributed by atoms with Crippen LogP contribution in [0.3, 0.4) is 0 Å². The first-order chi connectivity index (χ1) is 16.9. The van der Waals surface area contributed by atoms with E-state index in [1.165, 1.54) is 48.3 Å². The minimum absolute atomic E-state index is 0.117. The maximum Gasteiger partial charge on any atom is 0.234 e. The Morgan fingerprint density at radius 1 is 1.09 bits per heavy atom. The Balaban J connectivity index is 1.25. The number of anilines is 3. The molecule has 0 unspecified atom stereocenters. The summed E-state index contributed by atoms with van der Waals surface area (Å²) in [5.74, 6) is 1.71. The first-order valence-corrected chi connectivity index (χ1v) is 14.0. The number of halogens is 3. The van der Waals surface area contributed by atoms with E-state index in [0.717, 1.165) is 26.4 Å². The zero-order valence-corrected chi connectivity index (χ0v) is 21.9. The molecule has 180 valence electrons. The molecule has 0 aliphatic heterocycles. The highest BCUT2D eigenvalue weighted by Crippen LogP contribution is 2.37. The number of nitrogens with one attached hydrogen (secondary N) is 2. The predicted octanol–water partition coefficient (Wildman–Crippen LogP) is 6.90. The van der Waals surface area contributed by atoms with Gasteiger partial charge in [-0.05, 0) is 49.1 Å². The lowest BCUT2D eigenvalue weighted by molar-refractivity contribution is -0.113. The number of carbonyl (C=O) groups excluding carboxylic acids is 1. The largest absolute Gasteiger partial charge is 0.337 e. The van der Waals surface area contributed by atoms with Crippen LogP contribution in [0.1, 0.15) is 12.8 Å². The van der Waals surface area contributed by atoms with Crippen molar-refractivity contribution in [1.82, 2.24) is 20.2 Å². The first kappa shape index (κ1) is 24.5. The van der Waals surface area contributed by atoms with E-state index in [0.29, 0.717) is 22.4 Å². The van der Waals surface area contributed by atoms with E-state index in [-0.39, 0.29) is 27.4 Å². The van der Waals surface area contributed by atoms with Crippen molar-refractivity contribution < 1.29 is 9.18 Å². The number of aromatic nitrogens is 4. The number of hydrogen-bond donors (Lipinski definition) is 2. The Kier molecular flexibility index (Phi) is 7.59. The number of carbonyl (C=O) groups is 1. The van der Waals surface area contributed by atoms with E-state index in [4.69, 9.17) is 23.2 Å². The maximum atomic E-state index is 14.4. The van der Waals surface area contributed by atoms with Crippen molar-refractivity contribution in [3.05, 3.63) is 52.5 Å². The zero-order valence-electron chi connectivity index (χ0n) is 17.9. The lowest BCUT2D eigenvalue weighted by Crippen LogP contribution is -2.14. The normalized spacial score (nSPS) is 13.2. The van der Waals surface area contributed by atoms with Gasteiger partial charge >= 0.3 is 0 Å². The molecule has 2 heterocycles. The number of thioether (sulfide) groups is 2. The fourth-order valence-corrected chi connectivity index (χ4v) is 6.44. The molecular formula is C22H17Cl2FN6OS3. The molecule has 2 N–H and O–H groups in total. The van der Waals surface area contributed by atoms with Crippen LogP contribution < -0.4 is 10.6 Å². The fourth-order valence-electron chi connectivity index (χ4n) is 3.09. The lowest BCUT2D eigenvalue weighted by atomic mass is 10.2. The van der Waals surface area contributed by atoms with Gasteiger partial charge in [0.1, 0.15) is 18.0 Å². The minimum atomic E-state index is -0.571. The van der Waals surface area contributed by atoms with Gasteiger partial charge in [-0.3, -0.25) is 4.79 Å². The fraction of sp³-hybridized carbons (Fsp3) is 0.227. The highest BCUT2D eigenvalue weighted by atomic mass is 35.5. The van der Waals surface area contributed by atoms with Crippen LogP contribution in [0, 0.1) is 11.7 Å². The molecule has 2 aromatic carbocycles. The summed E-state index contributed by atoms with van der Waals surface area (Å²) in [6.07, 6.45) is 3.98. The molecule has 1 fully saturated rings. The molecule has 5 rings (SSSR count). The molecule has 7 nitrogen and oxygen atoms in total. The van der Waals surface area contributed by atoms with E-state index < -0.39 is 5.82 Å². The number of fused-ring (bicyclic) bond motifs is 1. The van der Waals surface area contributed by atoms with Gasteiger partial charge in [0, 0.05) is 16.8 Å². The summed E-state index contributed by atoms with van der Waals surface area (Å²) in [6, 6.07) is 7.75. The summed E-state index contributed by atoms with van der Waals surface area (Å²) >= 11 is 16.5. The van der Waals surface area contributed by atoms with E-state index in [1.807, 2.05) is 0 Å². The smallest absolute Gasteiger partial charge is 0.234 e. The Morgan fingerprint density at radius 2 is 1.86 bits per heavy atom. The van der Waals surface area contributed by atoms with Crippen molar-refractivity contribution in [2.24, 2.45) is 5.92 Å². The van der Waals surface area contributed by atoms with Gasteiger partial charge in [-0.25, -0.2) is 14.4 Å². The molecule has 1 aliphatic rings. The number of rotatable bonds is 9. The molecule has 13 heteroatoms. The van der Waals surface area contributed by atoms with Gasteiger partial charge < -0.3 is 10.6 Å². The quantitative estimate of drug-likeness (QED) is 0.167. The Labute approximate surface area is 222 Å². The van der Waals surface area contributed by atoms with Gasteiger partial charge in [-0.15, -0.1) is 10.2 Å². The summed E-state index contributed by atoms with van der Waals surface area (Å²) in [5, 5.41) is 15.1. The highest BCUT2D eigenvalue weighted by Gasteiger charge is 2.22. The Bertz CT molecular complexity index is 1400. The van der Waals surface area contributed by atoms with Crippen LogP contribution in [0.2, 0.25) is 10.0 Å². The van der Waals surface area contributed by atoms with Crippen LogP contribution in [0.25, 0.3) is 10.9 Å². The number of nitrogens with zero attached hydrogens (tertiary/aromatic N) is 4. The maximum absolute atomic E-state index is 14.4. The third kappa shape index (κ3) is 6.34. The predicted molar refractivity (Wildman–Crippen MR) is 142 cm³/mol. The van der Waals surface area contributed by atoms with Crippen LogP contribution in [0.5, 0.6) is 0 Å². The Morgan fingerprint density at radius 3 is 2.66 bits per heavy atom. The van der Waals surface area contributed by atoms with Gasteiger partial charge in [0.15, 0.2) is 8.68 Å². The molecule has 0 saturated heterocycles. The van der Waals surface area contributed by atoms with Gasteiger partial charge in [0.25, 0.3) is 0 Å². The van der Waals surface area contributed by atoms with Crippen molar-refractivity contribution >= 4 is 92.1 Å². The second-order valence-corrected chi connectivity index (χ2v) is 12.0. The van der Waals surface area contributed by atoms with E-state index >= 15 is 0 Å². The summed E-state index contributed by atoms with van der Waals surface area (Å²) < 4.78 is 16.1. The van der Waals surface area contributed by atoms with Crippen molar-refractivity contribution in [2.75, 3.05) is 22.1 Å². The molecular weight excluding hydrogens is 550 g/mol. The van der Waals surface area contributed by atoms with Crippen molar-refractivity contribution in [1.29, 1.82) is 0 Å². The van der Waals surface area contributed by atoms with Crippen LogP contribution in [-0.4, -0.2) is 37.6 Å². The second kappa shape index (κ2) is 10.8. The van der Waals surface area contributed by atoms with Gasteiger partial charge in [0.05, 0.1) is 27.0 Å². The van der Waals surface area contributed by atoms with E-state index in [1.54, 1.807) is 30.0 Å². The van der Waals surface area contributed by atoms with E-state index in [2.05, 4.69) is 30.8 Å². The third-order valence-corrected chi connectivity index (χ3v) is 9.18. The molecule has 2 aromatic heterocycles. The Hall–Kier alpha value is -2.18. The van der Waals surface area contributed by atoms with Gasteiger partial charge in [0.2, 0.25) is 5.91 Å². The summed E-state index contributed by atoms with van der Waals surface area (Å²) in [7, 11) is 0. The second-order valence-electron chi connectivity index (χ2n) is 7.75.